The first-order valence-corrected chi connectivity index (χ1v) is 7.41. The molecular weight excluding hydrogens is 254 g/mol. The normalized spacial score (nSPS) is 17.8. The average Bonchev–Trinajstić information content (AvgIpc) is 2.48. The molecule has 1 heterocycles. The Morgan fingerprint density at radius 2 is 2.00 bits per heavy atom. The lowest BCUT2D eigenvalue weighted by atomic mass is 10.0. The van der Waals surface area contributed by atoms with Gasteiger partial charge < -0.3 is 19.5 Å². The van der Waals surface area contributed by atoms with Gasteiger partial charge in [0.05, 0.1) is 25.9 Å². The van der Waals surface area contributed by atoms with Gasteiger partial charge in [-0.15, -0.1) is 0 Å². The fourth-order valence-electron chi connectivity index (χ4n) is 2.61. The maximum Gasteiger partial charge on any atom is 0.128 e. The minimum absolute atomic E-state index is 0.200. The molecule has 112 valence electrons. The Kier molecular flexibility index (Phi) is 5.68. The fourth-order valence-corrected chi connectivity index (χ4v) is 2.61. The Bertz CT molecular complexity index is 416. The van der Waals surface area contributed by atoms with E-state index in [-0.39, 0.29) is 12.1 Å². The molecule has 0 saturated carbocycles. The molecule has 4 heteroatoms. The van der Waals surface area contributed by atoms with Crippen LogP contribution in [0.1, 0.15) is 38.3 Å². The molecule has 0 aromatic heterocycles. The van der Waals surface area contributed by atoms with E-state index in [1.807, 2.05) is 18.2 Å². The molecule has 0 bridgehead atoms. The smallest absolute Gasteiger partial charge is 0.128 e. The third-order valence-corrected chi connectivity index (χ3v) is 3.65. The van der Waals surface area contributed by atoms with Crippen LogP contribution in [0, 0.1) is 0 Å². The molecule has 0 amide bonds. The van der Waals surface area contributed by atoms with Crippen LogP contribution in [-0.4, -0.2) is 33.0 Å². The highest BCUT2D eigenvalue weighted by molar-refractivity contribution is 5.46. The SMILES string of the molecule is CCNC(C)c1c(OC)cccc1OC1CCOCC1. The summed E-state index contributed by atoms with van der Waals surface area (Å²) >= 11 is 0. The Balaban J connectivity index is 2.21. The van der Waals surface area contributed by atoms with Gasteiger partial charge in [-0.2, -0.15) is 0 Å². The summed E-state index contributed by atoms with van der Waals surface area (Å²) in [5.41, 5.74) is 1.10. The van der Waals surface area contributed by atoms with Crippen LogP contribution in [0.15, 0.2) is 18.2 Å². The molecule has 1 aliphatic rings. The van der Waals surface area contributed by atoms with Crippen LogP contribution in [0.4, 0.5) is 0 Å². The van der Waals surface area contributed by atoms with E-state index in [4.69, 9.17) is 14.2 Å². The summed E-state index contributed by atoms with van der Waals surface area (Å²) in [6, 6.07) is 6.20. The Morgan fingerprint density at radius 1 is 1.30 bits per heavy atom. The maximum atomic E-state index is 6.20. The van der Waals surface area contributed by atoms with Crippen molar-refractivity contribution in [1.29, 1.82) is 0 Å². The lowest BCUT2D eigenvalue weighted by Gasteiger charge is -2.27. The number of methoxy groups -OCH3 is 1. The molecule has 20 heavy (non-hydrogen) atoms. The van der Waals surface area contributed by atoms with Gasteiger partial charge in [-0.3, -0.25) is 0 Å². The summed E-state index contributed by atoms with van der Waals surface area (Å²) in [4.78, 5) is 0. The summed E-state index contributed by atoms with van der Waals surface area (Å²) in [6.07, 6.45) is 2.14. The second-order valence-corrected chi connectivity index (χ2v) is 5.08. The molecule has 1 fully saturated rings. The minimum Gasteiger partial charge on any atom is -0.496 e. The summed E-state index contributed by atoms with van der Waals surface area (Å²) in [5.74, 6) is 1.80. The van der Waals surface area contributed by atoms with E-state index in [1.165, 1.54) is 0 Å². The van der Waals surface area contributed by atoms with E-state index >= 15 is 0 Å². The van der Waals surface area contributed by atoms with Crippen LogP contribution in [0.2, 0.25) is 0 Å². The van der Waals surface area contributed by atoms with E-state index < -0.39 is 0 Å². The van der Waals surface area contributed by atoms with Crippen LogP contribution < -0.4 is 14.8 Å². The minimum atomic E-state index is 0.200. The monoisotopic (exact) mass is 279 g/mol. The molecule has 1 aromatic rings. The molecule has 1 N–H and O–H groups in total. The van der Waals surface area contributed by atoms with E-state index in [0.717, 1.165) is 49.7 Å². The van der Waals surface area contributed by atoms with Crippen LogP contribution >= 0.6 is 0 Å². The lowest BCUT2D eigenvalue weighted by Crippen LogP contribution is -2.27. The molecule has 2 rings (SSSR count). The van der Waals surface area contributed by atoms with Crippen molar-refractivity contribution in [3.8, 4) is 11.5 Å². The van der Waals surface area contributed by atoms with Gasteiger partial charge in [0.1, 0.15) is 17.6 Å². The largest absolute Gasteiger partial charge is 0.496 e. The van der Waals surface area contributed by atoms with E-state index in [9.17, 15) is 0 Å². The number of benzene rings is 1. The third-order valence-electron chi connectivity index (χ3n) is 3.65. The van der Waals surface area contributed by atoms with E-state index in [1.54, 1.807) is 7.11 Å². The summed E-state index contributed by atoms with van der Waals surface area (Å²) in [7, 11) is 1.70. The molecule has 1 aliphatic heterocycles. The first-order valence-electron chi connectivity index (χ1n) is 7.41. The van der Waals surface area contributed by atoms with Gasteiger partial charge in [0, 0.05) is 18.9 Å². The molecule has 0 spiro atoms. The topological polar surface area (TPSA) is 39.7 Å². The van der Waals surface area contributed by atoms with Crippen molar-refractivity contribution in [2.45, 2.75) is 38.8 Å². The quantitative estimate of drug-likeness (QED) is 0.869. The predicted molar refractivity (Wildman–Crippen MR) is 79.6 cm³/mol. The predicted octanol–water partition coefficient (Wildman–Crippen LogP) is 2.92. The van der Waals surface area contributed by atoms with Crippen molar-refractivity contribution >= 4 is 0 Å². The molecule has 1 unspecified atom stereocenters. The number of ether oxygens (including phenoxy) is 3. The molecule has 4 nitrogen and oxygen atoms in total. The molecule has 0 aliphatic carbocycles. The van der Waals surface area contributed by atoms with Crippen molar-refractivity contribution in [1.82, 2.24) is 5.32 Å². The van der Waals surface area contributed by atoms with Gasteiger partial charge in [-0.05, 0) is 25.6 Å². The second kappa shape index (κ2) is 7.50. The van der Waals surface area contributed by atoms with Crippen LogP contribution in [0.5, 0.6) is 11.5 Å². The van der Waals surface area contributed by atoms with Crippen molar-refractivity contribution in [2.75, 3.05) is 26.9 Å². The highest BCUT2D eigenvalue weighted by Gasteiger charge is 2.21. The molecule has 1 aromatic carbocycles. The van der Waals surface area contributed by atoms with Crippen molar-refractivity contribution in [3.05, 3.63) is 23.8 Å². The fraction of sp³-hybridized carbons (Fsp3) is 0.625. The number of hydrogen-bond acceptors (Lipinski definition) is 4. The zero-order chi connectivity index (χ0) is 14.4. The van der Waals surface area contributed by atoms with Crippen LogP contribution in [-0.2, 0) is 4.74 Å². The number of rotatable bonds is 6. The summed E-state index contributed by atoms with van der Waals surface area (Å²) in [5, 5.41) is 3.43. The van der Waals surface area contributed by atoms with Crippen molar-refractivity contribution in [2.24, 2.45) is 0 Å². The van der Waals surface area contributed by atoms with Crippen molar-refractivity contribution in [3.63, 3.8) is 0 Å². The van der Waals surface area contributed by atoms with Crippen molar-refractivity contribution < 1.29 is 14.2 Å². The molecule has 1 saturated heterocycles. The Morgan fingerprint density at radius 3 is 2.65 bits per heavy atom. The van der Waals surface area contributed by atoms with Crippen LogP contribution in [0.25, 0.3) is 0 Å². The second-order valence-electron chi connectivity index (χ2n) is 5.08. The maximum absolute atomic E-state index is 6.20. The van der Waals surface area contributed by atoms with Gasteiger partial charge in [0.2, 0.25) is 0 Å². The number of nitrogens with one attached hydrogen (secondary N) is 1. The average molecular weight is 279 g/mol. The zero-order valence-electron chi connectivity index (χ0n) is 12.6. The Labute approximate surface area is 121 Å². The van der Waals surface area contributed by atoms with Gasteiger partial charge in [0.15, 0.2) is 0 Å². The summed E-state index contributed by atoms with van der Waals surface area (Å²) < 4.78 is 17.1. The lowest BCUT2D eigenvalue weighted by molar-refractivity contribution is 0.0249. The first kappa shape index (κ1) is 15.1. The highest BCUT2D eigenvalue weighted by Crippen LogP contribution is 2.35. The standard InChI is InChI=1S/C16H25NO3/c1-4-17-12(2)16-14(18-3)6-5-7-15(16)20-13-8-10-19-11-9-13/h5-7,12-13,17H,4,8-11H2,1-3H3. The van der Waals surface area contributed by atoms with E-state index in [0.29, 0.717) is 0 Å². The molecule has 1 atom stereocenters. The highest BCUT2D eigenvalue weighted by atomic mass is 16.5. The summed E-state index contributed by atoms with van der Waals surface area (Å²) in [6.45, 7) is 6.72. The van der Waals surface area contributed by atoms with E-state index in [2.05, 4.69) is 19.2 Å². The molecular formula is C16H25NO3. The van der Waals surface area contributed by atoms with Gasteiger partial charge in [-0.1, -0.05) is 13.0 Å². The Hall–Kier alpha value is -1.26. The first-order chi connectivity index (χ1) is 9.76. The zero-order valence-corrected chi connectivity index (χ0v) is 12.6. The van der Waals surface area contributed by atoms with Gasteiger partial charge in [0.25, 0.3) is 0 Å². The van der Waals surface area contributed by atoms with Crippen LogP contribution in [0.3, 0.4) is 0 Å². The van der Waals surface area contributed by atoms with Gasteiger partial charge in [-0.25, -0.2) is 0 Å². The number of hydrogen-bond donors (Lipinski definition) is 1. The van der Waals surface area contributed by atoms with Gasteiger partial charge >= 0.3 is 0 Å². The third kappa shape index (κ3) is 3.64. The molecule has 0 radical (unpaired) electrons.